The van der Waals surface area contributed by atoms with Crippen LogP contribution in [0.15, 0.2) is 18.2 Å². The molecule has 0 saturated heterocycles. The van der Waals surface area contributed by atoms with Crippen LogP contribution in [0.1, 0.15) is 18.1 Å². The number of halogens is 1. The zero-order chi connectivity index (χ0) is 11.4. The molecule has 3 heteroatoms. The summed E-state index contributed by atoms with van der Waals surface area (Å²) in [5.74, 6) is 0.111. The zero-order valence-electron chi connectivity index (χ0n) is 9.09. The molecule has 1 rings (SSSR count). The summed E-state index contributed by atoms with van der Waals surface area (Å²) >= 11 is 5.90. The van der Waals surface area contributed by atoms with E-state index >= 15 is 0 Å². The Morgan fingerprint density at radius 3 is 2.73 bits per heavy atom. The maximum atomic E-state index is 11.6. The van der Waals surface area contributed by atoms with E-state index in [4.69, 9.17) is 17.3 Å². The summed E-state index contributed by atoms with van der Waals surface area (Å²) in [6.07, 6.45) is 0.441. The highest BCUT2D eigenvalue weighted by molar-refractivity contribution is 6.31. The monoisotopic (exact) mass is 225 g/mol. The molecule has 1 aromatic rings. The Morgan fingerprint density at radius 2 is 2.20 bits per heavy atom. The predicted molar refractivity (Wildman–Crippen MR) is 63.1 cm³/mol. The molecule has 0 saturated carbocycles. The molecule has 1 atom stereocenters. The van der Waals surface area contributed by atoms with Crippen molar-refractivity contribution in [3.63, 3.8) is 0 Å². The number of nitrogens with two attached hydrogens (primary N) is 1. The molecule has 1 unspecified atom stereocenters. The summed E-state index contributed by atoms with van der Waals surface area (Å²) < 4.78 is 0. The Kier molecular flexibility index (Phi) is 4.30. The summed E-state index contributed by atoms with van der Waals surface area (Å²) in [6, 6.07) is 5.66. The number of benzene rings is 1. The Labute approximate surface area is 95.4 Å². The van der Waals surface area contributed by atoms with Gasteiger partial charge in [-0.1, -0.05) is 30.7 Å². The van der Waals surface area contributed by atoms with Gasteiger partial charge in [0.15, 0.2) is 0 Å². The van der Waals surface area contributed by atoms with Gasteiger partial charge in [-0.15, -0.1) is 0 Å². The zero-order valence-corrected chi connectivity index (χ0v) is 9.84. The summed E-state index contributed by atoms with van der Waals surface area (Å²) in [6.45, 7) is 4.19. The number of Topliss-reactive ketones (excluding diaryl/α,β-unsaturated/α-hetero) is 1. The van der Waals surface area contributed by atoms with Gasteiger partial charge in [-0.25, -0.2) is 0 Å². The second-order valence-electron chi connectivity index (χ2n) is 3.86. The van der Waals surface area contributed by atoms with Crippen molar-refractivity contribution in [2.45, 2.75) is 20.3 Å². The predicted octanol–water partition coefficient (Wildman–Crippen LogP) is 2.35. The Morgan fingerprint density at radius 1 is 1.53 bits per heavy atom. The normalized spacial score (nSPS) is 12.5. The van der Waals surface area contributed by atoms with Crippen LogP contribution >= 0.6 is 11.6 Å². The Balaban J connectivity index is 2.73. The van der Waals surface area contributed by atoms with Crippen LogP contribution in [0.5, 0.6) is 0 Å². The molecule has 2 nitrogen and oxygen atoms in total. The van der Waals surface area contributed by atoms with Crippen molar-refractivity contribution in [2.24, 2.45) is 11.7 Å². The maximum Gasteiger partial charge on any atom is 0.141 e. The molecule has 0 aliphatic carbocycles. The van der Waals surface area contributed by atoms with Crippen molar-refractivity contribution in [3.05, 3.63) is 34.3 Å². The van der Waals surface area contributed by atoms with E-state index in [0.29, 0.717) is 13.0 Å². The van der Waals surface area contributed by atoms with E-state index in [1.165, 1.54) is 0 Å². The van der Waals surface area contributed by atoms with Gasteiger partial charge >= 0.3 is 0 Å². The standard InChI is InChI=1S/C12H16ClNO/c1-8-5-10(3-4-11(8)13)6-12(15)9(2)7-14/h3-5,9H,6-7,14H2,1-2H3. The molecule has 0 amide bonds. The molecule has 15 heavy (non-hydrogen) atoms. The molecule has 0 aliphatic heterocycles. The minimum atomic E-state index is -0.0685. The second-order valence-corrected chi connectivity index (χ2v) is 4.27. The highest BCUT2D eigenvalue weighted by Gasteiger charge is 2.11. The quantitative estimate of drug-likeness (QED) is 0.855. The van der Waals surface area contributed by atoms with Gasteiger partial charge in [-0.3, -0.25) is 4.79 Å². The van der Waals surface area contributed by atoms with Crippen molar-refractivity contribution in [1.82, 2.24) is 0 Å². The van der Waals surface area contributed by atoms with Crippen LogP contribution in [-0.2, 0) is 11.2 Å². The molecular formula is C12H16ClNO. The lowest BCUT2D eigenvalue weighted by molar-refractivity contribution is -0.121. The van der Waals surface area contributed by atoms with Gasteiger partial charge in [0, 0.05) is 23.9 Å². The number of carbonyl (C=O) groups is 1. The first-order chi connectivity index (χ1) is 7.04. The molecule has 82 valence electrons. The molecular weight excluding hydrogens is 210 g/mol. The third-order valence-electron chi connectivity index (χ3n) is 2.50. The molecule has 2 N–H and O–H groups in total. The minimum absolute atomic E-state index is 0.0685. The van der Waals surface area contributed by atoms with Gasteiger partial charge in [0.1, 0.15) is 5.78 Å². The molecule has 0 aromatic heterocycles. The Bertz CT molecular complexity index is 363. The van der Waals surface area contributed by atoms with Crippen LogP contribution in [0.2, 0.25) is 5.02 Å². The van der Waals surface area contributed by atoms with E-state index in [1.807, 2.05) is 32.0 Å². The van der Waals surface area contributed by atoms with Crippen molar-refractivity contribution < 1.29 is 4.79 Å². The lowest BCUT2D eigenvalue weighted by Gasteiger charge is -2.08. The number of aryl methyl sites for hydroxylation is 1. The van der Waals surface area contributed by atoms with E-state index in [9.17, 15) is 4.79 Å². The van der Waals surface area contributed by atoms with Crippen LogP contribution in [0.25, 0.3) is 0 Å². The summed E-state index contributed by atoms with van der Waals surface area (Å²) in [5, 5.41) is 0.734. The molecule has 0 bridgehead atoms. The van der Waals surface area contributed by atoms with Crippen molar-refractivity contribution >= 4 is 17.4 Å². The average Bonchev–Trinajstić information content (AvgIpc) is 2.22. The van der Waals surface area contributed by atoms with Crippen molar-refractivity contribution in [1.29, 1.82) is 0 Å². The average molecular weight is 226 g/mol. The van der Waals surface area contributed by atoms with Gasteiger partial charge in [-0.2, -0.15) is 0 Å². The molecule has 0 spiro atoms. The van der Waals surface area contributed by atoms with Gasteiger partial charge < -0.3 is 5.73 Å². The topological polar surface area (TPSA) is 43.1 Å². The molecule has 0 aliphatic rings. The highest BCUT2D eigenvalue weighted by Crippen LogP contribution is 2.17. The highest BCUT2D eigenvalue weighted by atomic mass is 35.5. The lowest BCUT2D eigenvalue weighted by Crippen LogP contribution is -2.22. The number of ketones is 1. The third kappa shape index (κ3) is 3.33. The van der Waals surface area contributed by atoms with Crippen LogP contribution in [0.3, 0.4) is 0 Å². The lowest BCUT2D eigenvalue weighted by atomic mass is 9.99. The largest absolute Gasteiger partial charge is 0.330 e. The molecule has 0 fully saturated rings. The fourth-order valence-corrected chi connectivity index (χ4v) is 1.44. The molecule has 0 radical (unpaired) electrons. The first kappa shape index (κ1) is 12.2. The summed E-state index contributed by atoms with van der Waals surface area (Å²) in [5.41, 5.74) is 7.44. The summed E-state index contributed by atoms with van der Waals surface area (Å²) in [7, 11) is 0. The number of carbonyl (C=O) groups excluding carboxylic acids is 1. The van der Waals surface area contributed by atoms with Crippen molar-refractivity contribution in [2.75, 3.05) is 6.54 Å². The number of rotatable bonds is 4. The fraction of sp³-hybridized carbons (Fsp3) is 0.417. The van der Waals surface area contributed by atoms with E-state index in [-0.39, 0.29) is 11.7 Å². The SMILES string of the molecule is Cc1cc(CC(=O)C(C)CN)ccc1Cl. The van der Waals surface area contributed by atoms with Gasteiger partial charge in [-0.05, 0) is 24.1 Å². The van der Waals surface area contributed by atoms with E-state index in [2.05, 4.69) is 0 Å². The summed E-state index contributed by atoms with van der Waals surface area (Å²) in [4.78, 5) is 11.6. The van der Waals surface area contributed by atoms with E-state index < -0.39 is 0 Å². The fourth-order valence-electron chi connectivity index (χ4n) is 1.32. The molecule has 1 aromatic carbocycles. The van der Waals surface area contributed by atoms with Crippen LogP contribution in [0.4, 0.5) is 0 Å². The van der Waals surface area contributed by atoms with Gasteiger partial charge in [0.05, 0.1) is 0 Å². The third-order valence-corrected chi connectivity index (χ3v) is 2.93. The van der Waals surface area contributed by atoms with Gasteiger partial charge in [0.2, 0.25) is 0 Å². The second kappa shape index (κ2) is 5.29. The van der Waals surface area contributed by atoms with E-state index in [1.54, 1.807) is 0 Å². The van der Waals surface area contributed by atoms with Gasteiger partial charge in [0.25, 0.3) is 0 Å². The molecule has 0 heterocycles. The smallest absolute Gasteiger partial charge is 0.141 e. The number of hydrogen-bond acceptors (Lipinski definition) is 2. The van der Waals surface area contributed by atoms with Crippen LogP contribution < -0.4 is 5.73 Å². The van der Waals surface area contributed by atoms with E-state index in [0.717, 1.165) is 16.1 Å². The van der Waals surface area contributed by atoms with Crippen LogP contribution in [-0.4, -0.2) is 12.3 Å². The van der Waals surface area contributed by atoms with Crippen LogP contribution in [0, 0.1) is 12.8 Å². The van der Waals surface area contributed by atoms with Crippen molar-refractivity contribution in [3.8, 4) is 0 Å². The first-order valence-corrected chi connectivity index (χ1v) is 5.40. The maximum absolute atomic E-state index is 11.6. The Hall–Kier alpha value is -0.860. The number of hydrogen-bond donors (Lipinski definition) is 1. The first-order valence-electron chi connectivity index (χ1n) is 5.02. The minimum Gasteiger partial charge on any atom is -0.330 e.